The second-order valence-corrected chi connectivity index (χ2v) is 4.83. The van der Waals surface area contributed by atoms with Gasteiger partial charge in [0.25, 0.3) is 0 Å². The highest BCUT2D eigenvalue weighted by Gasteiger charge is 2.14. The maximum atomic E-state index is 11.6. The molecule has 1 aromatic rings. The van der Waals surface area contributed by atoms with Gasteiger partial charge < -0.3 is 10.1 Å². The number of benzene rings is 1. The molecule has 0 spiro atoms. The zero-order valence-corrected chi connectivity index (χ0v) is 12.7. The van der Waals surface area contributed by atoms with Crippen LogP contribution in [0.5, 0.6) is 0 Å². The maximum Gasteiger partial charge on any atom is 0.328 e. The van der Waals surface area contributed by atoms with Crippen molar-refractivity contribution in [3.63, 3.8) is 0 Å². The molecule has 0 saturated heterocycles. The third-order valence-corrected chi connectivity index (χ3v) is 2.94. The van der Waals surface area contributed by atoms with Crippen molar-refractivity contribution in [3.8, 4) is 0 Å². The molecule has 4 nitrogen and oxygen atoms in total. The monoisotopic (exact) mass is 315 g/mol. The summed E-state index contributed by atoms with van der Waals surface area (Å²) >= 11 is 11.7. The molecule has 1 amide bonds. The first-order valence-corrected chi connectivity index (χ1v) is 6.80. The Morgan fingerprint density at radius 2 is 2.10 bits per heavy atom. The van der Waals surface area contributed by atoms with E-state index in [-0.39, 0.29) is 6.61 Å². The second kappa shape index (κ2) is 7.92. The lowest BCUT2D eigenvalue weighted by molar-refractivity contribution is -0.146. The molecule has 0 bridgehead atoms. The van der Waals surface area contributed by atoms with Crippen molar-refractivity contribution >= 4 is 41.2 Å². The minimum atomic E-state index is -0.701. The summed E-state index contributed by atoms with van der Waals surface area (Å²) in [5.41, 5.74) is 0.662. The highest BCUT2D eigenvalue weighted by atomic mass is 35.5. The maximum absolute atomic E-state index is 11.6. The van der Waals surface area contributed by atoms with E-state index in [2.05, 4.69) is 5.32 Å². The van der Waals surface area contributed by atoms with Gasteiger partial charge in [0.1, 0.15) is 6.04 Å². The molecule has 6 heteroatoms. The van der Waals surface area contributed by atoms with Gasteiger partial charge in [0.2, 0.25) is 5.91 Å². The van der Waals surface area contributed by atoms with E-state index >= 15 is 0 Å². The predicted octanol–water partition coefficient (Wildman–Crippen LogP) is 3.07. The summed E-state index contributed by atoms with van der Waals surface area (Å²) in [6.45, 7) is 3.53. The second-order valence-electron chi connectivity index (χ2n) is 3.98. The molecular weight excluding hydrogens is 301 g/mol. The molecule has 20 heavy (non-hydrogen) atoms. The van der Waals surface area contributed by atoms with Crippen molar-refractivity contribution in [2.24, 2.45) is 0 Å². The Kier molecular flexibility index (Phi) is 6.55. The Hall–Kier alpha value is -1.52. The molecule has 1 aromatic carbocycles. The van der Waals surface area contributed by atoms with Crippen molar-refractivity contribution in [3.05, 3.63) is 39.9 Å². The Bertz CT molecular complexity index is 529. The van der Waals surface area contributed by atoms with Gasteiger partial charge >= 0.3 is 5.97 Å². The van der Waals surface area contributed by atoms with Crippen LogP contribution in [0.1, 0.15) is 19.4 Å². The number of esters is 1. The molecule has 1 atom stereocenters. The highest BCUT2D eigenvalue weighted by Crippen LogP contribution is 2.21. The number of nitrogens with one attached hydrogen (secondary N) is 1. The SMILES string of the molecule is CCOC(=O)C(C)NC(=O)C=Cc1ccc(Cl)cc1Cl. The number of carbonyl (C=O) groups excluding carboxylic acids is 2. The van der Waals surface area contributed by atoms with E-state index in [0.717, 1.165) is 0 Å². The van der Waals surface area contributed by atoms with Crippen molar-refractivity contribution < 1.29 is 14.3 Å². The largest absolute Gasteiger partial charge is 0.464 e. The molecule has 0 aliphatic carbocycles. The number of hydrogen-bond donors (Lipinski definition) is 1. The molecule has 108 valence electrons. The molecule has 1 unspecified atom stereocenters. The smallest absolute Gasteiger partial charge is 0.328 e. The number of rotatable bonds is 5. The Balaban J connectivity index is 2.61. The summed E-state index contributed by atoms with van der Waals surface area (Å²) in [4.78, 5) is 23.0. The van der Waals surface area contributed by atoms with E-state index in [4.69, 9.17) is 27.9 Å². The van der Waals surface area contributed by atoms with E-state index in [9.17, 15) is 9.59 Å². The number of carbonyl (C=O) groups is 2. The van der Waals surface area contributed by atoms with E-state index in [1.807, 2.05) is 0 Å². The van der Waals surface area contributed by atoms with E-state index in [0.29, 0.717) is 15.6 Å². The lowest BCUT2D eigenvalue weighted by atomic mass is 10.2. The van der Waals surface area contributed by atoms with Gasteiger partial charge in [0, 0.05) is 16.1 Å². The molecule has 0 fully saturated rings. The van der Waals surface area contributed by atoms with Crippen LogP contribution >= 0.6 is 23.2 Å². The Morgan fingerprint density at radius 3 is 2.70 bits per heavy atom. The number of hydrogen-bond acceptors (Lipinski definition) is 3. The number of halogens is 2. The molecule has 0 radical (unpaired) electrons. The third-order valence-electron chi connectivity index (χ3n) is 2.38. The van der Waals surface area contributed by atoms with E-state index < -0.39 is 17.9 Å². The molecule has 1 rings (SSSR count). The summed E-state index contributed by atoms with van der Waals surface area (Å²) in [7, 11) is 0. The highest BCUT2D eigenvalue weighted by molar-refractivity contribution is 6.35. The molecule has 0 aliphatic rings. The van der Waals surface area contributed by atoms with Crippen LogP contribution in [-0.2, 0) is 14.3 Å². The first kappa shape index (κ1) is 16.5. The predicted molar refractivity (Wildman–Crippen MR) is 79.7 cm³/mol. The van der Waals surface area contributed by atoms with E-state index in [1.54, 1.807) is 38.1 Å². The van der Waals surface area contributed by atoms with Gasteiger partial charge in [-0.15, -0.1) is 0 Å². The molecule has 0 heterocycles. The van der Waals surface area contributed by atoms with Crippen LogP contribution < -0.4 is 5.32 Å². The molecule has 0 aromatic heterocycles. The lowest BCUT2D eigenvalue weighted by Gasteiger charge is -2.10. The average molecular weight is 316 g/mol. The van der Waals surface area contributed by atoms with Crippen molar-refractivity contribution in [1.29, 1.82) is 0 Å². The molecule has 1 N–H and O–H groups in total. The zero-order valence-electron chi connectivity index (χ0n) is 11.2. The van der Waals surface area contributed by atoms with Crippen LogP contribution in [0, 0.1) is 0 Å². The van der Waals surface area contributed by atoms with Gasteiger partial charge in [0.05, 0.1) is 6.61 Å². The summed E-state index contributed by atoms with van der Waals surface area (Å²) in [5, 5.41) is 3.46. The number of amides is 1. The lowest BCUT2D eigenvalue weighted by Crippen LogP contribution is -2.38. The van der Waals surface area contributed by atoms with Gasteiger partial charge in [-0.1, -0.05) is 29.3 Å². The Morgan fingerprint density at radius 1 is 1.40 bits per heavy atom. The fraction of sp³-hybridized carbons (Fsp3) is 0.286. The van der Waals surface area contributed by atoms with Crippen molar-refractivity contribution in [1.82, 2.24) is 5.32 Å². The van der Waals surface area contributed by atoms with Gasteiger partial charge in [-0.05, 0) is 37.6 Å². The minimum Gasteiger partial charge on any atom is -0.464 e. The third kappa shape index (κ3) is 5.23. The summed E-state index contributed by atoms with van der Waals surface area (Å²) in [5.74, 6) is -0.879. The number of ether oxygens (including phenoxy) is 1. The van der Waals surface area contributed by atoms with Crippen LogP contribution in [-0.4, -0.2) is 24.5 Å². The van der Waals surface area contributed by atoms with Gasteiger partial charge in [0.15, 0.2) is 0 Å². The molecular formula is C14H15Cl2NO3. The van der Waals surface area contributed by atoms with Gasteiger partial charge in [-0.25, -0.2) is 4.79 Å². The summed E-state index contributed by atoms with van der Waals surface area (Å²) in [6, 6.07) is 4.25. The fourth-order valence-corrected chi connectivity index (χ4v) is 1.86. The fourth-order valence-electron chi connectivity index (χ4n) is 1.39. The average Bonchev–Trinajstić information content (AvgIpc) is 2.37. The first-order chi connectivity index (χ1) is 9.43. The minimum absolute atomic E-state index is 0.273. The summed E-state index contributed by atoms with van der Waals surface area (Å²) in [6.07, 6.45) is 2.84. The van der Waals surface area contributed by atoms with Crippen molar-refractivity contribution in [2.75, 3.05) is 6.61 Å². The molecule has 0 saturated carbocycles. The van der Waals surface area contributed by atoms with Crippen LogP contribution in [0.4, 0.5) is 0 Å². The standard InChI is InChI=1S/C14H15Cl2NO3/c1-3-20-14(19)9(2)17-13(18)7-5-10-4-6-11(15)8-12(10)16/h4-9H,3H2,1-2H3,(H,17,18). The summed E-state index contributed by atoms with van der Waals surface area (Å²) < 4.78 is 4.79. The van der Waals surface area contributed by atoms with Crippen LogP contribution in [0.2, 0.25) is 10.0 Å². The van der Waals surface area contributed by atoms with Crippen LogP contribution in [0.15, 0.2) is 24.3 Å². The quantitative estimate of drug-likeness (QED) is 0.671. The van der Waals surface area contributed by atoms with E-state index in [1.165, 1.54) is 6.08 Å². The van der Waals surface area contributed by atoms with Crippen LogP contribution in [0.3, 0.4) is 0 Å². The normalized spacial score (nSPS) is 12.2. The zero-order chi connectivity index (χ0) is 15.1. The van der Waals surface area contributed by atoms with Gasteiger partial charge in [-0.3, -0.25) is 4.79 Å². The first-order valence-electron chi connectivity index (χ1n) is 6.04. The van der Waals surface area contributed by atoms with Gasteiger partial charge in [-0.2, -0.15) is 0 Å². The Labute approximate surface area is 127 Å². The topological polar surface area (TPSA) is 55.4 Å². The molecule has 0 aliphatic heterocycles. The van der Waals surface area contributed by atoms with Crippen LogP contribution in [0.25, 0.3) is 6.08 Å². The van der Waals surface area contributed by atoms with Crippen molar-refractivity contribution in [2.45, 2.75) is 19.9 Å².